The minimum Gasteiger partial charge on any atom is -0.464 e. The molecule has 0 N–H and O–H groups in total. The van der Waals surface area contributed by atoms with Gasteiger partial charge >= 0.3 is 7.12 Å². The maximum Gasteiger partial charge on any atom is 0.525 e. The highest BCUT2D eigenvalue weighted by atomic mass is 32.1. The van der Waals surface area contributed by atoms with Crippen LogP contribution in [0.5, 0.6) is 0 Å². The Morgan fingerprint density at radius 2 is 1.91 bits per heavy atom. The fraction of sp³-hybridized carbons (Fsp3) is 0.375. The third kappa shape index (κ3) is 2.78. The normalized spacial score (nSPS) is 20.6. The summed E-state index contributed by atoms with van der Waals surface area (Å²) in [6, 6.07) is 5.59. The van der Waals surface area contributed by atoms with E-state index in [4.69, 9.17) is 13.7 Å². The van der Waals surface area contributed by atoms with Crippen molar-refractivity contribution in [1.29, 1.82) is 0 Å². The molecule has 6 heteroatoms. The van der Waals surface area contributed by atoms with Gasteiger partial charge in [0.05, 0.1) is 17.5 Å². The van der Waals surface area contributed by atoms with Crippen LogP contribution in [0.15, 0.2) is 40.0 Å². The Hall–Kier alpha value is -1.37. The molecule has 3 heterocycles. The van der Waals surface area contributed by atoms with E-state index in [-0.39, 0.29) is 0 Å². The Bertz CT molecular complexity index is 672. The Balaban J connectivity index is 1.79. The second-order valence-electron chi connectivity index (χ2n) is 6.33. The molecule has 3 nitrogen and oxygen atoms in total. The molecule has 2 aromatic rings. The number of halogens is 1. The fourth-order valence-electron chi connectivity index (χ4n) is 2.16. The summed E-state index contributed by atoms with van der Waals surface area (Å²) in [4.78, 5) is 0.790. The lowest BCUT2D eigenvalue weighted by atomic mass is 9.87. The van der Waals surface area contributed by atoms with E-state index in [9.17, 15) is 4.39 Å². The van der Waals surface area contributed by atoms with Crippen molar-refractivity contribution in [1.82, 2.24) is 0 Å². The highest BCUT2D eigenvalue weighted by molar-refractivity contribution is 7.11. The summed E-state index contributed by atoms with van der Waals surface area (Å²) in [6.07, 6.45) is 3.08. The molecule has 0 amide bonds. The SMILES string of the molecule is CC1(C)OB(C(F)=Cc2cc(-c3ccco3)cs2)OC1(C)C. The van der Waals surface area contributed by atoms with Crippen LogP contribution in [-0.4, -0.2) is 18.3 Å². The van der Waals surface area contributed by atoms with Crippen LogP contribution in [0.1, 0.15) is 32.6 Å². The maximum atomic E-state index is 14.4. The lowest BCUT2D eigenvalue weighted by Gasteiger charge is -2.32. The highest BCUT2D eigenvalue weighted by Crippen LogP contribution is 2.39. The summed E-state index contributed by atoms with van der Waals surface area (Å²) in [5.41, 5.74) is -0.579. The molecule has 116 valence electrons. The summed E-state index contributed by atoms with van der Waals surface area (Å²) < 4.78 is 31.2. The molecule has 0 radical (unpaired) electrons. The fourth-order valence-corrected chi connectivity index (χ4v) is 2.98. The molecule has 0 atom stereocenters. The minimum absolute atomic E-state index is 0.425. The molecule has 0 aromatic carbocycles. The predicted octanol–water partition coefficient (Wildman–Crippen LogP) is 4.95. The van der Waals surface area contributed by atoms with Crippen molar-refractivity contribution < 1.29 is 18.1 Å². The van der Waals surface area contributed by atoms with Crippen LogP contribution in [0, 0.1) is 0 Å². The van der Waals surface area contributed by atoms with Gasteiger partial charge in [0.1, 0.15) is 11.5 Å². The average Bonchev–Trinajstić information content (AvgIpc) is 3.09. The molecule has 0 saturated carbocycles. The Labute approximate surface area is 133 Å². The standard InChI is InChI=1S/C16H18BFO3S/c1-15(2)16(3,4)21-17(20-15)14(18)9-12-8-11(10-22-12)13-6-5-7-19-13/h5-10H,1-4H3. The van der Waals surface area contributed by atoms with Crippen LogP contribution in [0.3, 0.4) is 0 Å². The zero-order valence-corrected chi connectivity index (χ0v) is 13.9. The first-order chi connectivity index (χ1) is 10.3. The van der Waals surface area contributed by atoms with Crippen molar-refractivity contribution in [3.05, 3.63) is 40.4 Å². The molecule has 2 aromatic heterocycles. The predicted molar refractivity (Wildman–Crippen MR) is 87.2 cm³/mol. The molecule has 3 rings (SSSR count). The van der Waals surface area contributed by atoms with E-state index in [0.29, 0.717) is 0 Å². The van der Waals surface area contributed by atoms with Crippen molar-refractivity contribution in [3.8, 4) is 11.3 Å². The summed E-state index contributed by atoms with van der Waals surface area (Å²) in [5.74, 6) is 0.770. The third-order valence-electron chi connectivity index (χ3n) is 4.18. The van der Waals surface area contributed by atoms with Gasteiger partial charge in [-0.1, -0.05) is 0 Å². The number of thiophene rings is 1. The average molecular weight is 320 g/mol. The summed E-state index contributed by atoms with van der Waals surface area (Å²) >= 11 is 1.45. The number of rotatable bonds is 3. The maximum absolute atomic E-state index is 14.4. The van der Waals surface area contributed by atoms with Gasteiger partial charge in [0.15, 0.2) is 0 Å². The van der Waals surface area contributed by atoms with Gasteiger partial charge < -0.3 is 13.7 Å². The van der Waals surface area contributed by atoms with E-state index in [0.717, 1.165) is 16.2 Å². The zero-order valence-electron chi connectivity index (χ0n) is 13.1. The topological polar surface area (TPSA) is 31.6 Å². The van der Waals surface area contributed by atoms with Crippen molar-refractivity contribution in [2.24, 2.45) is 0 Å². The van der Waals surface area contributed by atoms with E-state index in [1.807, 2.05) is 51.3 Å². The van der Waals surface area contributed by atoms with Gasteiger partial charge in [-0.3, -0.25) is 0 Å². The molecule has 0 unspecified atom stereocenters. The second kappa shape index (κ2) is 5.37. The van der Waals surface area contributed by atoms with Crippen LogP contribution < -0.4 is 0 Å². The Morgan fingerprint density at radius 1 is 1.23 bits per heavy atom. The van der Waals surface area contributed by atoms with E-state index in [1.54, 1.807) is 6.26 Å². The molecule has 1 saturated heterocycles. The van der Waals surface area contributed by atoms with Crippen molar-refractivity contribution in [2.75, 3.05) is 0 Å². The molecule has 0 aliphatic carbocycles. The highest BCUT2D eigenvalue weighted by Gasteiger charge is 2.53. The van der Waals surface area contributed by atoms with E-state index < -0.39 is 24.0 Å². The van der Waals surface area contributed by atoms with Gasteiger partial charge in [-0.15, -0.1) is 11.3 Å². The number of hydrogen-bond donors (Lipinski definition) is 0. The monoisotopic (exact) mass is 320 g/mol. The van der Waals surface area contributed by atoms with E-state index in [2.05, 4.69) is 0 Å². The molecular formula is C16H18BFO3S. The zero-order chi connectivity index (χ0) is 16.0. The van der Waals surface area contributed by atoms with Crippen molar-refractivity contribution in [3.63, 3.8) is 0 Å². The van der Waals surface area contributed by atoms with Crippen molar-refractivity contribution >= 4 is 24.5 Å². The molecule has 0 bridgehead atoms. The van der Waals surface area contributed by atoms with Crippen molar-refractivity contribution in [2.45, 2.75) is 38.9 Å². The number of hydrogen-bond acceptors (Lipinski definition) is 4. The minimum atomic E-state index is -0.959. The summed E-state index contributed by atoms with van der Waals surface area (Å²) in [5, 5.41) is 1.93. The smallest absolute Gasteiger partial charge is 0.464 e. The van der Waals surface area contributed by atoms with Crippen LogP contribution >= 0.6 is 11.3 Å². The van der Waals surface area contributed by atoms with Crippen LogP contribution in [0.4, 0.5) is 4.39 Å². The molecule has 0 spiro atoms. The van der Waals surface area contributed by atoms with Gasteiger partial charge in [-0.05, 0) is 52.0 Å². The van der Waals surface area contributed by atoms with Crippen LogP contribution in [0.2, 0.25) is 0 Å². The molecular weight excluding hydrogens is 302 g/mol. The second-order valence-corrected chi connectivity index (χ2v) is 7.28. The molecule has 22 heavy (non-hydrogen) atoms. The van der Waals surface area contributed by atoms with E-state index in [1.165, 1.54) is 17.4 Å². The van der Waals surface area contributed by atoms with Gasteiger partial charge in [0.2, 0.25) is 0 Å². The first-order valence-corrected chi connectivity index (χ1v) is 8.02. The Kier molecular flexibility index (Phi) is 3.79. The lowest BCUT2D eigenvalue weighted by Crippen LogP contribution is -2.41. The van der Waals surface area contributed by atoms with Crippen LogP contribution in [-0.2, 0) is 9.31 Å². The Morgan fingerprint density at radius 3 is 2.50 bits per heavy atom. The van der Waals surface area contributed by atoms with Gasteiger partial charge in [-0.2, -0.15) is 0 Å². The van der Waals surface area contributed by atoms with Gasteiger partial charge in [-0.25, -0.2) is 4.39 Å². The number of furan rings is 1. The summed E-state index contributed by atoms with van der Waals surface area (Å²) in [6.45, 7) is 7.61. The third-order valence-corrected chi connectivity index (χ3v) is 5.06. The largest absolute Gasteiger partial charge is 0.525 e. The first kappa shape index (κ1) is 15.5. The molecule has 1 aliphatic rings. The van der Waals surface area contributed by atoms with Crippen LogP contribution in [0.25, 0.3) is 17.4 Å². The van der Waals surface area contributed by atoms with Gasteiger partial charge in [0, 0.05) is 15.8 Å². The van der Waals surface area contributed by atoms with Gasteiger partial charge in [0.25, 0.3) is 0 Å². The molecule has 1 fully saturated rings. The lowest BCUT2D eigenvalue weighted by molar-refractivity contribution is 0.00578. The van der Waals surface area contributed by atoms with E-state index >= 15 is 0 Å². The summed E-state index contributed by atoms with van der Waals surface area (Å²) in [7, 11) is -0.959. The molecule has 1 aliphatic heterocycles. The quantitative estimate of drug-likeness (QED) is 0.750. The first-order valence-electron chi connectivity index (χ1n) is 7.14.